The second-order valence-corrected chi connectivity index (χ2v) is 7.33. The molecular weight excluding hydrogens is 436 g/mol. The van der Waals surface area contributed by atoms with E-state index in [1.807, 2.05) is 54.6 Å². The van der Waals surface area contributed by atoms with Crippen molar-refractivity contribution in [1.82, 2.24) is 19.1 Å². The van der Waals surface area contributed by atoms with E-state index in [9.17, 15) is 9.59 Å². The minimum atomic E-state index is -0.517. The van der Waals surface area contributed by atoms with Crippen LogP contribution in [-0.4, -0.2) is 25.3 Å². The van der Waals surface area contributed by atoms with Crippen LogP contribution in [0.4, 0.5) is 5.95 Å². The molecule has 0 atom stereocenters. The number of H-pyrrole nitrogens is 1. The normalized spacial score (nSPS) is 11.4. The van der Waals surface area contributed by atoms with Crippen molar-refractivity contribution < 1.29 is 0 Å². The second kappa shape index (κ2) is 7.88. The predicted molar refractivity (Wildman–Crippen MR) is 116 cm³/mol. The van der Waals surface area contributed by atoms with Gasteiger partial charge in [-0.15, -0.1) is 0 Å². The molecule has 2 aromatic carbocycles. The summed E-state index contributed by atoms with van der Waals surface area (Å²) in [6.07, 6.45) is 1.65. The summed E-state index contributed by atoms with van der Waals surface area (Å²) in [6.45, 7) is 0.398. The lowest BCUT2D eigenvalue weighted by atomic mass is 10.2. The zero-order chi connectivity index (χ0) is 20.4. The summed E-state index contributed by atoms with van der Waals surface area (Å²) in [5, 5.41) is 4.25. The Morgan fingerprint density at radius 1 is 1.14 bits per heavy atom. The lowest BCUT2D eigenvalue weighted by Crippen LogP contribution is -2.29. The van der Waals surface area contributed by atoms with Gasteiger partial charge < -0.3 is 0 Å². The van der Waals surface area contributed by atoms with Crippen LogP contribution in [0.1, 0.15) is 11.1 Å². The smallest absolute Gasteiger partial charge is 0.298 e. The lowest BCUT2D eigenvalue weighted by molar-refractivity contribution is 0.808. The van der Waals surface area contributed by atoms with Gasteiger partial charge in [-0.2, -0.15) is 10.1 Å². The van der Waals surface area contributed by atoms with E-state index in [0.29, 0.717) is 18.0 Å². The number of fused-ring (bicyclic) bond motifs is 1. The largest absolute Gasteiger partial charge is 0.329 e. The van der Waals surface area contributed by atoms with Crippen molar-refractivity contribution in [2.75, 3.05) is 5.43 Å². The van der Waals surface area contributed by atoms with Crippen molar-refractivity contribution >= 4 is 39.3 Å². The van der Waals surface area contributed by atoms with Gasteiger partial charge in [0.05, 0.1) is 12.8 Å². The third-order valence-electron chi connectivity index (χ3n) is 4.44. The van der Waals surface area contributed by atoms with E-state index >= 15 is 0 Å². The number of aromatic amines is 1. The maximum Gasteiger partial charge on any atom is 0.329 e. The molecule has 0 spiro atoms. The maximum absolute atomic E-state index is 12.5. The third-order valence-corrected chi connectivity index (χ3v) is 4.97. The number of hydrogen-bond acceptors (Lipinski definition) is 5. The zero-order valence-corrected chi connectivity index (χ0v) is 17.0. The van der Waals surface area contributed by atoms with Crippen LogP contribution in [0, 0.1) is 0 Å². The number of aryl methyl sites for hydroxylation is 1. The maximum atomic E-state index is 12.5. The van der Waals surface area contributed by atoms with Gasteiger partial charge in [0, 0.05) is 11.5 Å². The second-order valence-electron chi connectivity index (χ2n) is 6.42. The standard InChI is InChI=1S/C20H17BrN6O2/c1-26-17-16(18(28)24-20(26)29)27(12-14-5-3-2-4-6-14)19(23-17)25-22-11-13-7-9-15(21)10-8-13/h2-11H,12H2,1H3,(H,23,25)(H,24,28,29). The molecular formula is C20H17BrN6O2. The van der Waals surface area contributed by atoms with Crippen LogP contribution in [0.15, 0.2) is 73.8 Å². The van der Waals surface area contributed by atoms with Gasteiger partial charge in [0.25, 0.3) is 5.56 Å². The van der Waals surface area contributed by atoms with Crippen LogP contribution >= 0.6 is 15.9 Å². The molecule has 146 valence electrons. The van der Waals surface area contributed by atoms with E-state index in [2.05, 4.69) is 36.4 Å². The van der Waals surface area contributed by atoms with E-state index in [1.165, 1.54) is 4.57 Å². The summed E-state index contributed by atoms with van der Waals surface area (Å²) in [6, 6.07) is 17.3. The Hall–Kier alpha value is -3.46. The number of aromatic nitrogens is 4. The van der Waals surface area contributed by atoms with Crippen molar-refractivity contribution in [3.8, 4) is 0 Å². The van der Waals surface area contributed by atoms with Crippen molar-refractivity contribution in [3.63, 3.8) is 0 Å². The first kappa shape index (κ1) is 18.9. The van der Waals surface area contributed by atoms with Gasteiger partial charge in [-0.25, -0.2) is 10.2 Å². The van der Waals surface area contributed by atoms with Crippen molar-refractivity contribution in [1.29, 1.82) is 0 Å². The van der Waals surface area contributed by atoms with Crippen molar-refractivity contribution in [2.45, 2.75) is 6.54 Å². The Labute approximate surface area is 173 Å². The molecule has 0 fully saturated rings. The molecule has 2 aromatic heterocycles. The van der Waals surface area contributed by atoms with Gasteiger partial charge in [0.15, 0.2) is 11.2 Å². The monoisotopic (exact) mass is 452 g/mol. The molecule has 8 nitrogen and oxygen atoms in total. The predicted octanol–water partition coefficient (Wildman–Crippen LogP) is 2.68. The fourth-order valence-electron chi connectivity index (χ4n) is 2.95. The van der Waals surface area contributed by atoms with Crippen LogP contribution in [0.2, 0.25) is 0 Å². The van der Waals surface area contributed by atoms with Gasteiger partial charge in [-0.05, 0) is 23.3 Å². The number of imidazole rings is 1. The molecule has 2 N–H and O–H groups in total. The highest BCUT2D eigenvalue weighted by molar-refractivity contribution is 9.10. The zero-order valence-electron chi connectivity index (χ0n) is 15.5. The van der Waals surface area contributed by atoms with E-state index in [-0.39, 0.29) is 5.65 Å². The number of hydrazone groups is 1. The number of nitrogens with one attached hydrogen (secondary N) is 2. The Morgan fingerprint density at radius 3 is 2.59 bits per heavy atom. The Kier molecular flexibility index (Phi) is 5.13. The van der Waals surface area contributed by atoms with Crippen LogP contribution < -0.4 is 16.7 Å². The molecule has 0 aliphatic rings. The Morgan fingerprint density at radius 2 is 1.86 bits per heavy atom. The molecule has 0 saturated heterocycles. The molecule has 29 heavy (non-hydrogen) atoms. The lowest BCUT2D eigenvalue weighted by Gasteiger charge is -2.08. The molecule has 9 heteroatoms. The number of anilines is 1. The summed E-state index contributed by atoms with van der Waals surface area (Å²) in [5.74, 6) is 0.365. The summed E-state index contributed by atoms with van der Waals surface area (Å²) in [7, 11) is 1.56. The van der Waals surface area contributed by atoms with Gasteiger partial charge in [0.2, 0.25) is 5.95 Å². The highest BCUT2D eigenvalue weighted by atomic mass is 79.9. The molecule has 0 bridgehead atoms. The van der Waals surface area contributed by atoms with Crippen LogP contribution in [0.5, 0.6) is 0 Å². The number of halogens is 1. The Balaban J connectivity index is 1.77. The molecule has 0 radical (unpaired) electrons. The highest BCUT2D eigenvalue weighted by Gasteiger charge is 2.17. The molecule has 0 saturated carbocycles. The van der Waals surface area contributed by atoms with Gasteiger partial charge in [0.1, 0.15) is 0 Å². The van der Waals surface area contributed by atoms with Crippen LogP contribution in [0.3, 0.4) is 0 Å². The van der Waals surface area contributed by atoms with Crippen molar-refractivity contribution in [3.05, 3.63) is 91.0 Å². The molecule has 4 rings (SSSR count). The Bertz CT molecular complexity index is 1300. The average Bonchev–Trinajstić information content (AvgIpc) is 3.07. The third kappa shape index (κ3) is 3.90. The fraction of sp³-hybridized carbons (Fsp3) is 0.100. The van der Waals surface area contributed by atoms with Gasteiger partial charge in [-0.3, -0.25) is 18.9 Å². The topological polar surface area (TPSA) is 97.1 Å². The van der Waals surface area contributed by atoms with Crippen LogP contribution in [-0.2, 0) is 13.6 Å². The molecule has 0 amide bonds. The highest BCUT2D eigenvalue weighted by Crippen LogP contribution is 2.18. The summed E-state index contributed by atoms with van der Waals surface area (Å²) in [5.41, 5.74) is 4.37. The molecule has 4 aromatic rings. The first-order valence-electron chi connectivity index (χ1n) is 8.81. The number of rotatable bonds is 5. The first-order valence-corrected chi connectivity index (χ1v) is 9.60. The van der Waals surface area contributed by atoms with Gasteiger partial charge >= 0.3 is 5.69 Å². The molecule has 0 unspecified atom stereocenters. The summed E-state index contributed by atoms with van der Waals surface area (Å²) >= 11 is 3.40. The number of hydrogen-bond donors (Lipinski definition) is 2. The van der Waals surface area contributed by atoms with E-state index in [1.54, 1.807) is 17.8 Å². The fourth-order valence-corrected chi connectivity index (χ4v) is 3.22. The van der Waals surface area contributed by atoms with E-state index < -0.39 is 11.2 Å². The SMILES string of the molecule is Cn1c(=O)[nH]c(=O)c2c1nc(NN=Cc1ccc(Br)cc1)n2Cc1ccccc1. The molecule has 0 aliphatic carbocycles. The van der Waals surface area contributed by atoms with Gasteiger partial charge in [-0.1, -0.05) is 58.4 Å². The molecule has 0 aliphatic heterocycles. The average molecular weight is 453 g/mol. The summed E-state index contributed by atoms with van der Waals surface area (Å²) < 4.78 is 4.00. The first-order chi connectivity index (χ1) is 14.0. The molecule has 2 heterocycles. The minimum Gasteiger partial charge on any atom is -0.298 e. The minimum absolute atomic E-state index is 0.288. The van der Waals surface area contributed by atoms with Crippen molar-refractivity contribution in [2.24, 2.45) is 12.1 Å². The van der Waals surface area contributed by atoms with Crippen LogP contribution in [0.25, 0.3) is 11.2 Å². The number of nitrogens with zero attached hydrogens (tertiary/aromatic N) is 4. The quantitative estimate of drug-likeness (QED) is 0.359. The number of benzene rings is 2. The van der Waals surface area contributed by atoms with E-state index in [4.69, 9.17) is 0 Å². The van der Waals surface area contributed by atoms with E-state index in [0.717, 1.165) is 15.6 Å². The summed E-state index contributed by atoms with van der Waals surface area (Å²) in [4.78, 5) is 31.2.